The molecule has 60 valence electrons. The molecule has 0 spiro atoms. The Morgan fingerprint density at radius 1 is 1.70 bits per heavy atom. The summed E-state index contributed by atoms with van der Waals surface area (Å²) in [4.78, 5) is 10.5. The molecule has 0 saturated carbocycles. The maximum Gasteiger partial charge on any atom is 0.275 e. The third kappa shape index (κ3) is 1.39. The number of halogens is 1. The Balaban J connectivity index is 0.000000810. The SMILES string of the molecule is CC1CN(O)C(=O)C1O.Cl. The van der Waals surface area contributed by atoms with Crippen molar-refractivity contribution in [2.75, 3.05) is 6.54 Å². The minimum atomic E-state index is -1.00. The molecule has 0 aromatic rings. The summed E-state index contributed by atoms with van der Waals surface area (Å²) in [7, 11) is 0. The molecule has 0 aromatic carbocycles. The third-order valence-corrected chi connectivity index (χ3v) is 1.51. The fraction of sp³-hybridized carbons (Fsp3) is 0.800. The van der Waals surface area contributed by atoms with Gasteiger partial charge in [0, 0.05) is 5.92 Å². The zero-order valence-corrected chi connectivity index (χ0v) is 6.34. The van der Waals surface area contributed by atoms with Gasteiger partial charge >= 0.3 is 0 Å². The summed E-state index contributed by atoms with van der Waals surface area (Å²) in [5.41, 5.74) is 0. The highest BCUT2D eigenvalue weighted by Crippen LogP contribution is 2.14. The van der Waals surface area contributed by atoms with E-state index >= 15 is 0 Å². The van der Waals surface area contributed by atoms with Crippen molar-refractivity contribution in [3.8, 4) is 0 Å². The summed E-state index contributed by atoms with van der Waals surface area (Å²) in [5, 5.41) is 18.1. The van der Waals surface area contributed by atoms with Crippen LogP contribution in [0.5, 0.6) is 0 Å². The molecule has 4 nitrogen and oxygen atoms in total. The van der Waals surface area contributed by atoms with Crippen LogP contribution in [-0.2, 0) is 4.79 Å². The first-order valence-corrected chi connectivity index (χ1v) is 2.81. The maximum absolute atomic E-state index is 10.5. The van der Waals surface area contributed by atoms with Gasteiger partial charge in [0.15, 0.2) is 0 Å². The molecule has 1 amide bonds. The summed E-state index contributed by atoms with van der Waals surface area (Å²) in [6, 6.07) is 0. The number of rotatable bonds is 0. The molecule has 10 heavy (non-hydrogen) atoms. The molecule has 2 atom stereocenters. The lowest BCUT2D eigenvalue weighted by atomic mass is 10.1. The first-order valence-electron chi connectivity index (χ1n) is 2.81. The van der Waals surface area contributed by atoms with Crippen molar-refractivity contribution in [1.82, 2.24) is 5.06 Å². The third-order valence-electron chi connectivity index (χ3n) is 1.51. The van der Waals surface area contributed by atoms with Crippen LogP contribution in [0.15, 0.2) is 0 Å². The number of carbonyl (C=O) groups excluding carboxylic acids is 1. The quantitative estimate of drug-likeness (QED) is 0.485. The molecule has 1 heterocycles. The van der Waals surface area contributed by atoms with Crippen molar-refractivity contribution in [2.24, 2.45) is 5.92 Å². The predicted molar refractivity (Wildman–Crippen MR) is 35.9 cm³/mol. The summed E-state index contributed by atoms with van der Waals surface area (Å²) < 4.78 is 0. The van der Waals surface area contributed by atoms with E-state index in [0.717, 1.165) is 0 Å². The molecule has 1 rings (SSSR count). The summed E-state index contributed by atoms with van der Waals surface area (Å²) in [6.07, 6.45) is -1.00. The second-order valence-corrected chi connectivity index (χ2v) is 2.34. The molecule has 1 aliphatic rings. The maximum atomic E-state index is 10.5. The smallest absolute Gasteiger partial charge is 0.275 e. The molecule has 1 fully saturated rings. The molecule has 0 bridgehead atoms. The number of aliphatic hydroxyl groups excluding tert-OH is 1. The monoisotopic (exact) mass is 167 g/mol. The van der Waals surface area contributed by atoms with Gasteiger partial charge in [-0.2, -0.15) is 0 Å². The van der Waals surface area contributed by atoms with Crippen LogP contribution in [0.2, 0.25) is 0 Å². The highest BCUT2D eigenvalue weighted by Gasteiger charge is 2.35. The Bertz CT molecular complexity index is 141. The van der Waals surface area contributed by atoms with Gasteiger partial charge in [0.25, 0.3) is 5.91 Å². The van der Waals surface area contributed by atoms with Gasteiger partial charge in [-0.15, -0.1) is 12.4 Å². The van der Waals surface area contributed by atoms with Crippen LogP contribution >= 0.6 is 12.4 Å². The molecule has 0 radical (unpaired) electrons. The minimum Gasteiger partial charge on any atom is -0.383 e. The van der Waals surface area contributed by atoms with Crippen LogP contribution in [0.4, 0.5) is 0 Å². The van der Waals surface area contributed by atoms with Crippen molar-refractivity contribution in [3.63, 3.8) is 0 Å². The minimum absolute atomic E-state index is 0. The number of amides is 1. The van der Waals surface area contributed by atoms with E-state index < -0.39 is 12.0 Å². The Kier molecular flexibility index (Phi) is 3.08. The van der Waals surface area contributed by atoms with Crippen molar-refractivity contribution in [3.05, 3.63) is 0 Å². The molecule has 1 saturated heterocycles. The van der Waals surface area contributed by atoms with E-state index in [-0.39, 0.29) is 24.9 Å². The van der Waals surface area contributed by atoms with Crippen LogP contribution in [0.3, 0.4) is 0 Å². The van der Waals surface area contributed by atoms with E-state index in [1.165, 1.54) is 0 Å². The molecule has 0 aliphatic carbocycles. The summed E-state index contributed by atoms with van der Waals surface area (Å²) in [5.74, 6) is -0.745. The summed E-state index contributed by atoms with van der Waals surface area (Å²) in [6.45, 7) is 1.94. The van der Waals surface area contributed by atoms with E-state index in [4.69, 9.17) is 10.3 Å². The second-order valence-electron chi connectivity index (χ2n) is 2.34. The lowest BCUT2D eigenvalue weighted by Gasteiger charge is -2.02. The zero-order valence-electron chi connectivity index (χ0n) is 5.52. The molecule has 2 N–H and O–H groups in total. The highest BCUT2D eigenvalue weighted by atomic mass is 35.5. The van der Waals surface area contributed by atoms with Crippen LogP contribution in [0.25, 0.3) is 0 Å². The van der Waals surface area contributed by atoms with E-state index in [1.807, 2.05) is 0 Å². The van der Waals surface area contributed by atoms with Crippen LogP contribution in [0, 0.1) is 5.92 Å². The number of hydroxylamine groups is 2. The molecule has 2 unspecified atom stereocenters. The van der Waals surface area contributed by atoms with Gasteiger partial charge in [-0.1, -0.05) is 6.92 Å². The molecule has 5 heteroatoms. The number of nitrogens with zero attached hydrogens (tertiary/aromatic N) is 1. The van der Waals surface area contributed by atoms with Gasteiger partial charge in [0.1, 0.15) is 6.10 Å². The van der Waals surface area contributed by atoms with Crippen LogP contribution in [-0.4, -0.2) is 33.9 Å². The van der Waals surface area contributed by atoms with Crippen molar-refractivity contribution < 1.29 is 15.1 Å². The largest absolute Gasteiger partial charge is 0.383 e. The fourth-order valence-corrected chi connectivity index (χ4v) is 0.859. The lowest BCUT2D eigenvalue weighted by molar-refractivity contribution is -0.162. The normalized spacial score (nSPS) is 32.3. The van der Waals surface area contributed by atoms with Gasteiger partial charge < -0.3 is 5.11 Å². The number of carbonyl (C=O) groups is 1. The van der Waals surface area contributed by atoms with Gasteiger partial charge in [0.2, 0.25) is 0 Å². The lowest BCUT2D eigenvalue weighted by Crippen LogP contribution is -2.26. The first-order chi connectivity index (χ1) is 4.13. The van der Waals surface area contributed by atoms with Crippen LogP contribution < -0.4 is 0 Å². The predicted octanol–water partition coefficient (Wildman–Crippen LogP) is -0.363. The van der Waals surface area contributed by atoms with Crippen molar-refractivity contribution >= 4 is 18.3 Å². The van der Waals surface area contributed by atoms with E-state index in [0.29, 0.717) is 5.06 Å². The second kappa shape index (κ2) is 3.18. The Hall–Kier alpha value is -0.320. The number of hydrogen-bond acceptors (Lipinski definition) is 3. The van der Waals surface area contributed by atoms with Gasteiger partial charge in [-0.05, 0) is 0 Å². The standard InChI is InChI=1S/C5H9NO3.ClH/c1-3-2-6(9)5(8)4(3)7;/h3-4,7,9H,2H2,1H3;1H. The number of aliphatic hydroxyl groups is 1. The number of hydrogen-bond donors (Lipinski definition) is 2. The van der Waals surface area contributed by atoms with Gasteiger partial charge in [-0.3, -0.25) is 10.0 Å². The van der Waals surface area contributed by atoms with Crippen LogP contribution in [0.1, 0.15) is 6.92 Å². The Morgan fingerprint density at radius 3 is 2.30 bits per heavy atom. The van der Waals surface area contributed by atoms with Gasteiger partial charge in [0.05, 0.1) is 6.54 Å². The van der Waals surface area contributed by atoms with Gasteiger partial charge in [-0.25, -0.2) is 5.06 Å². The topological polar surface area (TPSA) is 60.8 Å². The first kappa shape index (κ1) is 9.68. The molecule has 0 aromatic heterocycles. The Labute approximate surface area is 64.8 Å². The molecule has 1 aliphatic heterocycles. The van der Waals surface area contributed by atoms with Crippen molar-refractivity contribution in [1.29, 1.82) is 0 Å². The highest BCUT2D eigenvalue weighted by molar-refractivity contribution is 5.85. The van der Waals surface area contributed by atoms with E-state index in [1.54, 1.807) is 6.92 Å². The molecular weight excluding hydrogens is 158 g/mol. The van der Waals surface area contributed by atoms with Crippen molar-refractivity contribution in [2.45, 2.75) is 13.0 Å². The summed E-state index contributed by atoms with van der Waals surface area (Å²) >= 11 is 0. The molecular formula is C5H10ClNO3. The Morgan fingerprint density at radius 2 is 2.20 bits per heavy atom. The average molecular weight is 168 g/mol. The fourth-order valence-electron chi connectivity index (χ4n) is 0.859. The van der Waals surface area contributed by atoms with E-state index in [2.05, 4.69) is 0 Å². The average Bonchev–Trinajstić information content (AvgIpc) is 1.98. The van der Waals surface area contributed by atoms with E-state index in [9.17, 15) is 4.79 Å². The zero-order chi connectivity index (χ0) is 7.02.